The van der Waals surface area contributed by atoms with Gasteiger partial charge >= 0.3 is 11.9 Å². The van der Waals surface area contributed by atoms with Gasteiger partial charge in [-0.25, -0.2) is 0 Å². The molecule has 0 saturated carbocycles. The Labute approximate surface area is 148 Å². The van der Waals surface area contributed by atoms with Crippen molar-refractivity contribution in [2.45, 2.75) is 74.7 Å². The first-order valence-corrected chi connectivity index (χ1v) is 8.67. The van der Waals surface area contributed by atoms with E-state index in [2.05, 4.69) is 4.74 Å². The summed E-state index contributed by atoms with van der Waals surface area (Å²) >= 11 is 0. The predicted molar refractivity (Wildman–Crippen MR) is 97.7 cm³/mol. The van der Waals surface area contributed by atoms with Crippen LogP contribution in [-0.2, 0) is 23.9 Å². The van der Waals surface area contributed by atoms with Gasteiger partial charge in [0.15, 0.2) is 0 Å². The zero-order chi connectivity index (χ0) is 19.7. The molecule has 0 aromatic heterocycles. The summed E-state index contributed by atoms with van der Waals surface area (Å²) in [5.41, 5.74) is 0. The second-order valence-electron chi connectivity index (χ2n) is 6.88. The molecule has 0 heterocycles. The Morgan fingerprint density at radius 2 is 1.12 bits per heavy atom. The summed E-state index contributed by atoms with van der Waals surface area (Å²) in [7, 11) is 1.41. The van der Waals surface area contributed by atoms with E-state index in [0.717, 1.165) is 6.42 Å². The number of hydrogen-bond acceptors (Lipinski definition) is 5. The molecule has 0 aliphatic heterocycles. The van der Waals surface area contributed by atoms with Gasteiger partial charge in [-0.2, -0.15) is 0 Å². The molecule has 0 N–H and O–H groups in total. The van der Waals surface area contributed by atoms with E-state index in [0.29, 0.717) is 37.2 Å². The average molecular weight is 347 g/mol. The fourth-order valence-electron chi connectivity index (χ4n) is 1.54. The van der Waals surface area contributed by atoms with Crippen LogP contribution in [0.15, 0.2) is 0 Å². The van der Waals surface area contributed by atoms with Crippen LogP contribution in [0, 0.1) is 17.8 Å². The number of carbonyl (C=O) groups excluding carboxylic acids is 3. The summed E-state index contributed by atoms with van der Waals surface area (Å²) in [5, 5.41) is 0. The lowest BCUT2D eigenvalue weighted by Gasteiger charge is -2.02. The lowest BCUT2D eigenvalue weighted by Crippen LogP contribution is -2.06. The SMILES string of the molecule is CC(=O)CC(C)C.CCOC(=O)CC(C)C.COC(=O)CC(C)C. The number of ether oxygens (including phenoxy) is 2. The predicted octanol–water partition coefficient (Wildman–Crippen LogP) is 4.42. The van der Waals surface area contributed by atoms with Crippen molar-refractivity contribution in [1.82, 2.24) is 0 Å². The van der Waals surface area contributed by atoms with Gasteiger partial charge in [0.05, 0.1) is 13.7 Å². The third kappa shape index (κ3) is 32.5. The highest BCUT2D eigenvalue weighted by molar-refractivity contribution is 5.75. The van der Waals surface area contributed by atoms with Crippen LogP contribution in [0.1, 0.15) is 74.7 Å². The first-order chi connectivity index (χ1) is 11.0. The number of methoxy groups -OCH3 is 1. The summed E-state index contributed by atoms with van der Waals surface area (Å²) < 4.78 is 9.14. The molecular weight excluding hydrogens is 308 g/mol. The van der Waals surface area contributed by atoms with Crippen LogP contribution in [-0.4, -0.2) is 31.4 Å². The Kier molecular flexibility index (Phi) is 20.5. The highest BCUT2D eigenvalue weighted by Crippen LogP contribution is 2.00. The molecule has 0 saturated heterocycles. The van der Waals surface area contributed by atoms with E-state index < -0.39 is 0 Å². The van der Waals surface area contributed by atoms with E-state index in [9.17, 15) is 14.4 Å². The van der Waals surface area contributed by atoms with Gasteiger partial charge in [-0.3, -0.25) is 9.59 Å². The molecule has 5 heteroatoms. The van der Waals surface area contributed by atoms with E-state index in [4.69, 9.17) is 4.74 Å². The zero-order valence-electron chi connectivity index (χ0n) is 17.1. The minimum atomic E-state index is -0.125. The lowest BCUT2D eigenvalue weighted by atomic mass is 10.1. The van der Waals surface area contributed by atoms with E-state index in [1.165, 1.54) is 7.11 Å². The Bertz CT molecular complexity index is 333. The fraction of sp³-hybridized carbons (Fsp3) is 0.842. The Balaban J connectivity index is -0.000000278. The van der Waals surface area contributed by atoms with Gasteiger partial charge in [-0.1, -0.05) is 41.5 Å². The first kappa shape index (κ1) is 27.5. The molecule has 0 fully saturated rings. The van der Waals surface area contributed by atoms with Crippen molar-refractivity contribution in [1.29, 1.82) is 0 Å². The fourth-order valence-corrected chi connectivity index (χ4v) is 1.54. The molecular formula is C19H38O5. The molecule has 0 aliphatic rings. The third-order valence-electron chi connectivity index (χ3n) is 2.38. The van der Waals surface area contributed by atoms with Gasteiger partial charge in [-0.05, 0) is 31.6 Å². The smallest absolute Gasteiger partial charge is 0.306 e. The first-order valence-electron chi connectivity index (χ1n) is 8.67. The molecule has 0 aliphatic carbocycles. The van der Waals surface area contributed by atoms with Crippen molar-refractivity contribution < 1.29 is 23.9 Å². The third-order valence-corrected chi connectivity index (χ3v) is 2.38. The van der Waals surface area contributed by atoms with Gasteiger partial charge in [0.1, 0.15) is 5.78 Å². The van der Waals surface area contributed by atoms with Crippen molar-refractivity contribution in [3.05, 3.63) is 0 Å². The van der Waals surface area contributed by atoms with E-state index in [1.807, 2.05) is 48.5 Å². The van der Waals surface area contributed by atoms with Gasteiger partial charge in [0.25, 0.3) is 0 Å². The number of hydrogen-bond donors (Lipinski definition) is 0. The zero-order valence-corrected chi connectivity index (χ0v) is 17.1. The topological polar surface area (TPSA) is 69.7 Å². The average Bonchev–Trinajstić information content (AvgIpc) is 2.36. The van der Waals surface area contributed by atoms with Crippen molar-refractivity contribution in [2.75, 3.05) is 13.7 Å². The maximum Gasteiger partial charge on any atom is 0.306 e. The van der Waals surface area contributed by atoms with Gasteiger partial charge in [0, 0.05) is 19.3 Å². The maximum absolute atomic E-state index is 10.6. The van der Waals surface area contributed by atoms with Crippen LogP contribution < -0.4 is 0 Å². The molecule has 5 nitrogen and oxygen atoms in total. The van der Waals surface area contributed by atoms with Crippen LogP contribution in [0.5, 0.6) is 0 Å². The van der Waals surface area contributed by atoms with Crippen LogP contribution in [0.3, 0.4) is 0 Å². The van der Waals surface area contributed by atoms with E-state index in [-0.39, 0.29) is 17.7 Å². The molecule has 0 aromatic rings. The number of rotatable bonds is 7. The molecule has 0 unspecified atom stereocenters. The van der Waals surface area contributed by atoms with Gasteiger partial charge < -0.3 is 14.3 Å². The molecule has 0 spiro atoms. The molecule has 24 heavy (non-hydrogen) atoms. The molecule has 144 valence electrons. The summed E-state index contributed by atoms with van der Waals surface area (Å²) in [6.45, 7) is 16.0. The Morgan fingerprint density at radius 1 is 0.750 bits per heavy atom. The summed E-state index contributed by atoms with van der Waals surface area (Å²) in [6, 6.07) is 0. The molecule has 0 radical (unpaired) electrons. The van der Waals surface area contributed by atoms with Crippen LogP contribution in [0.2, 0.25) is 0 Å². The van der Waals surface area contributed by atoms with Crippen LogP contribution in [0.25, 0.3) is 0 Å². The van der Waals surface area contributed by atoms with Crippen molar-refractivity contribution in [2.24, 2.45) is 17.8 Å². The standard InChI is InChI=1S/C7H14O2.C6H12O2.C6H12O/c1-4-9-7(8)5-6(2)3;1-5(2)4-6(7)8-3;1-5(2)4-6(3)7/h6H,4-5H2,1-3H3;5H,4H2,1-3H3;5H,4H2,1-3H3. The minimum Gasteiger partial charge on any atom is -0.469 e. The highest BCUT2D eigenvalue weighted by Gasteiger charge is 2.03. The summed E-state index contributed by atoms with van der Waals surface area (Å²) in [4.78, 5) is 31.3. The van der Waals surface area contributed by atoms with Crippen LogP contribution in [0.4, 0.5) is 0 Å². The van der Waals surface area contributed by atoms with Crippen molar-refractivity contribution in [3.8, 4) is 0 Å². The highest BCUT2D eigenvalue weighted by atomic mass is 16.5. The molecule has 0 aromatic carbocycles. The van der Waals surface area contributed by atoms with Crippen LogP contribution >= 0.6 is 0 Å². The maximum atomic E-state index is 10.6. The van der Waals surface area contributed by atoms with E-state index in [1.54, 1.807) is 6.92 Å². The molecule has 0 bridgehead atoms. The molecule has 0 atom stereocenters. The number of carbonyl (C=O) groups is 3. The monoisotopic (exact) mass is 346 g/mol. The number of esters is 2. The number of Topliss-reactive ketones (excluding diaryl/α,β-unsaturated/α-hetero) is 1. The minimum absolute atomic E-state index is 0.0903. The summed E-state index contributed by atoms with van der Waals surface area (Å²) in [5.74, 6) is 1.41. The lowest BCUT2D eigenvalue weighted by molar-refractivity contribution is -0.144. The summed E-state index contributed by atoms with van der Waals surface area (Å²) in [6.07, 6.45) is 1.78. The Hall–Kier alpha value is -1.39. The van der Waals surface area contributed by atoms with Gasteiger partial charge in [0.2, 0.25) is 0 Å². The quantitative estimate of drug-likeness (QED) is 0.638. The van der Waals surface area contributed by atoms with Crippen molar-refractivity contribution in [3.63, 3.8) is 0 Å². The second kappa shape index (κ2) is 18.0. The normalized spacial score (nSPS) is 9.67. The molecule has 0 amide bonds. The van der Waals surface area contributed by atoms with E-state index >= 15 is 0 Å². The van der Waals surface area contributed by atoms with Crippen molar-refractivity contribution >= 4 is 17.7 Å². The Morgan fingerprint density at radius 3 is 1.29 bits per heavy atom. The second-order valence-corrected chi connectivity index (χ2v) is 6.88. The largest absolute Gasteiger partial charge is 0.469 e. The van der Waals surface area contributed by atoms with Gasteiger partial charge in [-0.15, -0.1) is 0 Å². The molecule has 0 rings (SSSR count). The number of ketones is 1.